The molecule has 0 aliphatic carbocycles. The Bertz CT molecular complexity index is 1160. The number of thioether (sulfide) groups is 1. The number of aryl methyl sites for hydroxylation is 2. The summed E-state index contributed by atoms with van der Waals surface area (Å²) in [5, 5.41) is 12.3. The number of hydrogen-bond donors (Lipinski definition) is 1. The van der Waals surface area contributed by atoms with Gasteiger partial charge in [-0.15, -0.1) is 32.9 Å². The van der Waals surface area contributed by atoms with Crippen molar-refractivity contribution in [3.05, 3.63) is 44.1 Å². The Morgan fingerprint density at radius 3 is 2.85 bits per heavy atom. The number of fused-ring (bicyclic) bond motifs is 1. The van der Waals surface area contributed by atoms with Crippen molar-refractivity contribution in [1.82, 2.24) is 24.7 Å². The van der Waals surface area contributed by atoms with Crippen molar-refractivity contribution in [3.63, 3.8) is 0 Å². The molecule has 9 heteroatoms. The highest BCUT2D eigenvalue weighted by Gasteiger charge is 2.20. The van der Waals surface area contributed by atoms with Crippen LogP contribution in [0.4, 0.5) is 0 Å². The standard InChI is InChI=1S/C18H19N5OS3/c1-5-23-15(12-7-6-8-25-12)21-22-18(23)27-11(4)14-19-16(24)13-9(2)10(3)26-17(13)20-14/h6-8,11H,5H2,1-4H3,(H,19,20,24)/t11-/m1/s1. The van der Waals surface area contributed by atoms with Gasteiger partial charge in [0.2, 0.25) is 0 Å². The molecular formula is C18H19N5OS3. The van der Waals surface area contributed by atoms with Crippen LogP contribution in [0.1, 0.15) is 35.4 Å². The van der Waals surface area contributed by atoms with Crippen LogP contribution < -0.4 is 5.56 Å². The molecule has 0 radical (unpaired) electrons. The fourth-order valence-electron chi connectivity index (χ4n) is 2.93. The van der Waals surface area contributed by atoms with Gasteiger partial charge in [-0.3, -0.25) is 4.79 Å². The first-order valence-electron chi connectivity index (χ1n) is 8.63. The summed E-state index contributed by atoms with van der Waals surface area (Å²) in [5.74, 6) is 1.55. The van der Waals surface area contributed by atoms with Gasteiger partial charge in [-0.25, -0.2) is 4.98 Å². The van der Waals surface area contributed by atoms with Gasteiger partial charge in [-0.2, -0.15) is 0 Å². The van der Waals surface area contributed by atoms with E-state index in [4.69, 9.17) is 4.98 Å². The van der Waals surface area contributed by atoms with E-state index in [1.165, 1.54) is 0 Å². The summed E-state index contributed by atoms with van der Waals surface area (Å²) < 4.78 is 2.10. The predicted molar refractivity (Wildman–Crippen MR) is 113 cm³/mol. The third-order valence-electron chi connectivity index (χ3n) is 4.50. The van der Waals surface area contributed by atoms with Crippen molar-refractivity contribution in [2.75, 3.05) is 0 Å². The molecule has 6 nitrogen and oxygen atoms in total. The smallest absolute Gasteiger partial charge is 0.259 e. The zero-order valence-electron chi connectivity index (χ0n) is 15.4. The van der Waals surface area contributed by atoms with E-state index in [9.17, 15) is 4.79 Å². The number of H-pyrrole nitrogens is 1. The molecular weight excluding hydrogens is 398 g/mol. The highest BCUT2D eigenvalue weighted by atomic mass is 32.2. The van der Waals surface area contributed by atoms with Gasteiger partial charge in [0.1, 0.15) is 10.7 Å². The third kappa shape index (κ3) is 3.24. The maximum absolute atomic E-state index is 12.5. The molecule has 0 bridgehead atoms. The Morgan fingerprint density at radius 1 is 1.33 bits per heavy atom. The first-order valence-corrected chi connectivity index (χ1v) is 11.2. The van der Waals surface area contributed by atoms with E-state index in [0.29, 0.717) is 11.2 Å². The molecule has 1 atom stereocenters. The van der Waals surface area contributed by atoms with Crippen molar-refractivity contribution >= 4 is 44.7 Å². The van der Waals surface area contributed by atoms with Crippen LogP contribution in [-0.4, -0.2) is 24.7 Å². The molecule has 1 N–H and O–H groups in total. The molecule has 0 aliphatic rings. The quantitative estimate of drug-likeness (QED) is 0.472. The average Bonchev–Trinajstić information content (AvgIpc) is 3.35. The fourth-order valence-corrected chi connectivity index (χ4v) is 5.65. The Morgan fingerprint density at radius 2 is 2.15 bits per heavy atom. The van der Waals surface area contributed by atoms with E-state index in [-0.39, 0.29) is 10.8 Å². The number of nitrogens with zero attached hydrogens (tertiary/aromatic N) is 4. The zero-order valence-corrected chi connectivity index (χ0v) is 17.9. The molecule has 0 spiro atoms. The summed E-state index contributed by atoms with van der Waals surface area (Å²) >= 11 is 4.78. The Kier molecular flexibility index (Phi) is 4.92. The first kappa shape index (κ1) is 18.4. The van der Waals surface area contributed by atoms with Crippen LogP contribution in [0.3, 0.4) is 0 Å². The van der Waals surface area contributed by atoms with Crippen LogP contribution in [0.2, 0.25) is 0 Å². The van der Waals surface area contributed by atoms with Crippen LogP contribution in [0.5, 0.6) is 0 Å². The van der Waals surface area contributed by atoms with E-state index in [0.717, 1.165) is 37.7 Å². The third-order valence-corrected chi connectivity index (χ3v) is 7.56. The summed E-state index contributed by atoms with van der Waals surface area (Å²) in [7, 11) is 0. The molecule has 0 aromatic carbocycles. The molecule has 0 unspecified atom stereocenters. The lowest BCUT2D eigenvalue weighted by atomic mass is 10.2. The van der Waals surface area contributed by atoms with Crippen molar-refractivity contribution in [2.45, 2.75) is 44.6 Å². The number of rotatable bonds is 5. The molecule has 140 valence electrons. The molecule has 4 aromatic heterocycles. The maximum Gasteiger partial charge on any atom is 0.259 e. The van der Waals surface area contributed by atoms with Crippen LogP contribution in [0, 0.1) is 13.8 Å². The normalized spacial score (nSPS) is 12.7. The van der Waals surface area contributed by atoms with E-state index >= 15 is 0 Å². The topological polar surface area (TPSA) is 76.5 Å². The molecule has 0 fully saturated rings. The first-order chi connectivity index (χ1) is 13.0. The minimum atomic E-state index is -0.0690. The van der Waals surface area contributed by atoms with Crippen molar-refractivity contribution in [1.29, 1.82) is 0 Å². The summed E-state index contributed by atoms with van der Waals surface area (Å²) in [6.07, 6.45) is 0. The molecule has 4 heterocycles. The lowest BCUT2D eigenvalue weighted by Gasteiger charge is -2.11. The molecule has 0 saturated carbocycles. The van der Waals surface area contributed by atoms with Gasteiger partial charge >= 0.3 is 0 Å². The van der Waals surface area contributed by atoms with Gasteiger partial charge in [0.15, 0.2) is 11.0 Å². The molecule has 4 aromatic rings. The van der Waals surface area contributed by atoms with E-state index in [2.05, 4.69) is 26.7 Å². The Labute approximate surface area is 168 Å². The van der Waals surface area contributed by atoms with Gasteiger partial charge in [-0.05, 0) is 44.7 Å². The summed E-state index contributed by atoms with van der Waals surface area (Å²) in [6.45, 7) is 8.88. The second-order valence-corrected chi connectivity index (χ2v) is 9.66. The van der Waals surface area contributed by atoms with Crippen molar-refractivity contribution in [2.24, 2.45) is 0 Å². The molecule has 0 amide bonds. The number of aromatic amines is 1. The number of hydrogen-bond acceptors (Lipinski definition) is 7. The SMILES string of the molecule is CCn1c(S[C@H](C)c2nc3sc(C)c(C)c3c(=O)[nH]2)nnc1-c1cccs1. The van der Waals surface area contributed by atoms with E-state index < -0.39 is 0 Å². The predicted octanol–water partition coefficient (Wildman–Crippen LogP) is 4.79. The van der Waals surface area contributed by atoms with E-state index in [1.807, 2.05) is 38.3 Å². The highest BCUT2D eigenvalue weighted by molar-refractivity contribution is 7.99. The summed E-state index contributed by atoms with van der Waals surface area (Å²) in [4.78, 5) is 23.2. The van der Waals surface area contributed by atoms with Crippen LogP contribution in [0.15, 0.2) is 27.5 Å². The lowest BCUT2D eigenvalue weighted by molar-refractivity contribution is 0.685. The van der Waals surface area contributed by atoms with Crippen LogP contribution in [-0.2, 0) is 6.54 Å². The molecule has 0 saturated heterocycles. The second-order valence-electron chi connectivity index (χ2n) is 6.20. The number of nitrogens with one attached hydrogen (secondary N) is 1. The van der Waals surface area contributed by atoms with Gasteiger partial charge in [0.25, 0.3) is 5.56 Å². The number of aromatic nitrogens is 5. The second kappa shape index (κ2) is 7.21. The molecule has 27 heavy (non-hydrogen) atoms. The number of thiophene rings is 2. The molecule has 0 aliphatic heterocycles. The highest BCUT2D eigenvalue weighted by Crippen LogP contribution is 2.35. The van der Waals surface area contributed by atoms with E-state index in [1.54, 1.807) is 34.4 Å². The van der Waals surface area contributed by atoms with Gasteiger partial charge in [0, 0.05) is 11.4 Å². The van der Waals surface area contributed by atoms with Crippen molar-refractivity contribution < 1.29 is 0 Å². The van der Waals surface area contributed by atoms with Gasteiger partial charge in [0.05, 0.1) is 15.5 Å². The fraction of sp³-hybridized carbons (Fsp3) is 0.333. The van der Waals surface area contributed by atoms with Gasteiger partial charge in [-0.1, -0.05) is 17.8 Å². The summed E-state index contributed by atoms with van der Waals surface area (Å²) in [5.41, 5.74) is 0.947. The largest absolute Gasteiger partial charge is 0.309 e. The Hall–Kier alpha value is -1.97. The Balaban J connectivity index is 1.68. The van der Waals surface area contributed by atoms with Crippen molar-refractivity contribution in [3.8, 4) is 10.7 Å². The van der Waals surface area contributed by atoms with Gasteiger partial charge < -0.3 is 9.55 Å². The summed E-state index contributed by atoms with van der Waals surface area (Å²) in [6, 6.07) is 4.06. The zero-order chi connectivity index (χ0) is 19.1. The maximum atomic E-state index is 12.5. The average molecular weight is 418 g/mol. The lowest BCUT2D eigenvalue weighted by Crippen LogP contribution is -2.12. The molecule has 4 rings (SSSR count). The monoisotopic (exact) mass is 417 g/mol. The minimum absolute atomic E-state index is 0.0458. The van der Waals surface area contributed by atoms with Crippen LogP contribution in [0.25, 0.3) is 20.9 Å². The van der Waals surface area contributed by atoms with Crippen LogP contribution >= 0.6 is 34.4 Å². The minimum Gasteiger partial charge on any atom is -0.309 e.